The standard InChI is InChI=1S/C15H22I2N2O2/c16-12-8-11(15(21)14(17)9-12)10-18-4-1-5-19-6-2-13(20)3-7-19/h8-9,13,18,20-21H,1-7,10H2. The Morgan fingerprint density at radius 3 is 2.67 bits per heavy atom. The van der Waals surface area contributed by atoms with E-state index in [1.165, 1.54) is 0 Å². The van der Waals surface area contributed by atoms with Crippen molar-refractivity contribution in [2.75, 3.05) is 26.2 Å². The van der Waals surface area contributed by atoms with E-state index in [2.05, 4.69) is 55.4 Å². The number of phenols is 1. The molecule has 0 aromatic heterocycles. The van der Waals surface area contributed by atoms with E-state index in [-0.39, 0.29) is 6.10 Å². The summed E-state index contributed by atoms with van der Waals surface area (Å²) in [6.45, 7) is 4.75. The molecule has 0 unspecified atom stereocenters. The predicted molar refractivity (Wildman–Crippen MR) is 102 cm³/mol. The van der Waals surface area contributed by atoms with Gasteiger partial charge in [0, 0.05) is 28.8 Å². The van der Waals surface area contributed by atoms with Crippen LogP contribution < -0.4 is 5.32 Å². The summed E-state index contributed by atoms with van der Waals surface area (Å²) in [6.07, 6.45) is 2.81. The van der Waals surface area contributed by atoms with E-state index in [0.29, 0.717) is 12.3 Å². The molecule has 1 aromatic rings. The summed E-state index contributed by atoms with van der Waals surface area (Å²) >= 11 is 4.44. The van der Waals surface area contributed by atoms with Gasteiger partial charge in [-0.25, -0.2) is 0 Å². The lowest BCUT2D eigenvalue weighted by Gasteiger charge is -2.29. The highest BCUT2D eigenvalue weighted by Crippen LogP contribution is 2.26. The lowest BCUT2D eigenvalue weighted by Crippen LogP contribution is -2.37. The van der Waals surface area contributed by atoms with Gasteiger partial charge in [0.05, 0.1) is 9.67 Å². The average molecular weight is 516 g/mol. The number of halogens is 2. The second-order valence-corrected chi connectivity index (χ2v) is 7.91. The Hall–Kier alpha value is 0.360. The van der Waals surface area contributed by atoms with E-state index in [1.807, 2.05) is 12.1 Å². The number of aromatic hydroxyl groups is 1. The number of nitrogens with one attached hydrogen (secondary N) is 1. The molecule has 0 aliphatic carbocycles. The molecule has 1 heterocycles. The zero-order valence-electron chi connectivity index (χ0n) is 12.0. The maximum atomic E-state index is 10.0. The van der Waals surface area contributed by atoms with Crippen molar-refractivity contribution in [1.82, 2.24) is 10.2 Å². The van der Waals surface area contributed by atoms with Gasteiger partial charge in [-0.15, -0.1) is 0 Å². The highest BCUT2D eigenvalue weighted by Gasteiger charge is 2.15. The van der Waals surface area contributed by atoms with Crippen LogP contribution >= 0.6 is 45.2 Å². The minimum atomic E-state index is -0.0922. The monoisotopic (exact) mass is 516 g/mol. The maximum absolute atomic E-state index is 10.0. The summed E-state index contributed by atoms with van der Waals surface area (Å²) < 4.78 is 2.06. The molecule has 0 radical (unpaired) electrons. The third kappa shape index (κ3) is 5.81. The molecule has 6 heteroatoms. The van der Waals surface area contributed by atoms with Gasteiger partial charge in [-0.1, -0.05) is 0 Å². The van der Waals surface area contributed by atoms with Crippen molar-refractivity contribution in [3.63, 3.8) is 0 Å². The Balaban J connectivity index is 1.66. The molecular formula is C15H22I2N2O2. The number of aliphatic hydroxyl groups excluding tert-OH is 1. The minimum absolute atomic E-state index is 0.0922. The van der Waals surface area contributed by atoms with Gasteiger partial charge in [0.25, 0.3) is 0 Å². The number of nitrogens with zero attached hydrogens (tertiary/aromatic N) is 1. The van der Waals surface area contributed by atoms with Gasteiger partial charge in [0.2, 0.25) is 0 Å². The van der Waals surface area contributed by atoms with Gasteiger partial charge in [0.15, 0.2) is 0 Å². The SMILES string of the molecule is Oc1c(I)cc(I)cc1CNCCCN1CCC(O)CC1. The van der Waals surface area contributed by atoms with Crippen LogP contribution in [0.15, 0.2) is 12.1 Å². The Kier molecular flexibility index (Phi) is 7.47. The summed E-state index contributed by atoms with van der Waals surface area (Å²) in [6, 6.07) is 4.00. The molecule has 0 spiro atoms. The summed E-state index contributed by atoms with van der Waals surface area (Å²) in [7, 11) is 0. The normalized spacial score (nSPS) is 17.3. The lowest BCUT2D eigenvalue weighted by atomic mass is 10.1. The number of benzene rings is 1. The Labute approximate surface area is 153 Å². The van der Waals surface area contributed by atoms with Crippen molar-refractivity contribution in [3.05, 3.63) is 24.8 Å². The number of likely N-dealkylation sites (tertiary alicyclic amines) is 1. The number of piperidine rings is 1. The Morgan fingerprint density at radius 2 is 1.95 bits per heavy atom. The highest BCUT2D eigenvalue weighted by molar-refractivity contribution is 14.1. The molecule has 21 heavy (non-hydrogen) atoms. The maximum Gasteiger partial charge on any atom is 0.133 e. The number of hydrogen-bond acceptors (Lipinski definition) is 4. The fourth-order valence-electron chi connectivity index (χ4n) is 2.55. The Morgan fingerprint density at radius 1 is 1.24 bits per heavy atom. The second kappa shape index (κ2) is 8.85. The van der Waals surface area contributed by atoms with E-state index in [1.54, 1.807) is 0 Å². The molecule has 0 bridgehead atoms. The number of phenolic OH excluding ortho intramolecular Hbond substituents is 1. The van der Waals surface area contributed by atoms with Crippen LogP contribution in [0.5, 0.6) is 5.75 Å². The fourth-order valence-corrected chi connectivity index (χ4v) is 4.51. The minimum Gasteiger partial charge on any atom is -0.507 e. The van der Waals surface area contributed by atoms with E-state index in [9.17, 15) is 10.2 Å². The zero-order chi connectivity index (χ0) is 15.2. The summed E-state index contributed by atoms with van der Waals surface area (Å²) in [5.74, 6) is 0.397. The molecule has 0 saturated carbocycles. The molecule has 1 aliphatic heterocycles. The first-order valence-corrected chi connectivity index (χ1v) is 9.50. The number of rotatable bonds is 6. The molecule has 1 fully saturated rings. The molecule has 2 rings (SSSR count). The van der Waals surface area contributed by atoms with Crippen molar-refractivity contribution < 1.29 is 10.2 Å². The van der Waals surface area contributed by atoms with E-state index >= 15 is 0 Å². The van der Waals surface area contributed by atoms with Crippen molar-refractivity contribution in [3.8, 4) is 5.75 Å². The van der Waals surface area contributed by atoms with E-state index < -0.39 is 0 Å². The largest absolute Gasteiger partial charge is 0.507 e. The van der Waals surface area contributed by atoms with Crippen molar-refractivity contribution in [1.29, 1.82) is 0 Å². The van der Waals surface area contributed by atoms with Crippen LogP contribution in [0.25, 0.3) is 0 Å². The summed E-state index contributed by atoms with van der Waals surface area (Å²) in [4.78, 5) is 2.42. The third-order valence-corrected chi connectivity index (χ3v) is 5.25. The predicted octanol–water partition coefficient (Wildman–Crippen LogP) is 2.54. The van der Waals surface area contributed by atoms with Crippen molar-refractivity contribution in [2.24, 2.45) is 0 Å². The first kappa shape index (κ1) is 17.7. The first-order valence-electron chi connectivity index (χ1n) is 7.34. The number of hydrogen-bond donors (Lipinski definition) is 3. The fraction of sp³-hybridized carbons (Fsp3) is 0.600. The third-order valence-electron chi connectivity index (χ3n) is 3.81. The van der Waals surface area contributed by atoms with Crippen molar-refractivity contribution in [2.45, 2.75) is 31.9 Å². The van der Waals surface area contributed by atoms with Crippen LogP contribution in [0.1, 0.15) is 24.8 Å². The molecule has 0 amide bonds. The van der Waals surface area contributed by atoms with Gasteiger partial charge in [-0.05, 0) is 89.7 Å². The average Bonchev–Trinajstić information content (AvgIpc) is 2.45. The quantitative estimate of drug-likeness (QED) is 0.402. The van der Waals surface area contributed by atoms with Gasteiger partial charge in [-0.3, -0.25) is 0 Å². The van der Waals surface area contributed by atoms with Crippen LogP contribution in [0, 0.1) is 7.14 Å². The van der Waals surface area contributed by atoms with Crippen LogP contribution in [-0.2, 0) is 6.54 Å². The van der Waals surface area contributed by atoms with Gasteiger partial charge < -0.3 is 20.4 Å². The first-order chi connectivity index (χ1) is 10.1. The molecule has 118 valence electrons. The van der Waals surface area contributed by atoms with Gasteiger partial charge in [-0.2, -0.15) is 0 Å². The molecule has 3 N–H and O–H groups in total. The molecule has 1 saturated heterocycles. The summed E-state index contributed by atoms with van der Waals surface area (Å²) in [5.41, 5.74) is 0.965. The Bertz CT molecular complexity index is 463. The molecule has 1 aliphatic rings. The zero-order valence-corrected chi connectivity index (χ0v) is 16.3. The molecule has 0 atom stereocenters. The van der Waals surface area contributed by atoms with E-state index in [0.717, 1.165) is 58.1 Å². The smallest absolute Gasteiger partial charge is 0.133 e. The van der Waals surface area contributed by atoms with Gasteiger partial charge in [0.1, 0.15) is 5.75 Å². The topological polar surface area (TPSA) is 55.7 Å². The highest BCUT2D eigenvalue weighted by atomic mass is 127. The molecule has 4 nitrogen and oxygen atoms in total. The van der Waals surface area contributed by atoms with E-state index in [4.69, 9.17) is 0 Å². The van der Waals surface area contributed by atoms with Crippen molar-refractivity contribution >= 4 is 45.2 Å². The molecule has 1 aromatic carbocycles. The van der Waals surface area contributed by atoms with Gasteiger partial charge >= 0.3 is 0 Å². The summed E-state index contributed by atoms with van der Waals surface area (Å²) in [5, 5.41) is 22.9. The lowest BCUT2D eigenvalue weighted by molar-refractivity contribution is 0.0821. The van der Waals surface area contributed by atoms with Crippen LogP contribution in [-0.4, -0.2) is 47.4 Å². The van der Waals surface area contributed by atoms with Crippen LogP contribution in [0.3, 0.4) is 0 Å². The number of aliphatic hydroxyl groups is 1. The van der Waals surface area contributed by atoms with Crippen LogP contribution in [0.4, 0.5) is 0 Å². The molecular weight excluding hydrogens is 494 g/mol. The second-order valence-electron chi connectivity index (χ2n) is 5.50. The van der Waals surface area contributed by atoms with Crippen LogP contribution in [0.2, 0.25) is 0 Å².